The molecule has 0 fully saturated rings. The van der Waals surface area contributed by atoms with Crippen LogP contribution in [-0.2, 0) is 18.4 Å². The first-order valence-electron chi connectivity index (χ1n) is 40.9. The summed E-state index contributed by atoms with van der Waals surface area (Å²) in [6, 6.07) is -0.798. The molecule has 0 aliphatic carbocycles. The van der Waals surface area contributed by atoms with E-state index in [4.69, 9.17) is 9.05 Å². The number of hydrogen-bond acceptors (Lipinski definition) is 6. The van der Waals surface area contributed by atoms with Crippen molar-refractivity contribution in [2.45, 2.75) is 469 Å². The summed E-state index contributed by atoms with van der Waals surface area (Å²) in [5.74, 6) is -0.152. The maximum Gasteiger partial charge on any atom is 0.268 e. The Morgan fingerprint density at radius 2 is 0.551 bits per heavy atom. The Morgan fingerprint density at radius 3 is 0.764 bits per heavy atom. The van der Waals surface area contributed by atoms with E-state index in [1.807, 2.05) is 21.1 Å². The minimum Gasteiger partial charge on any atom is -0.756 e. The van der Waals surface area contributed by atoms with Crippen molar-refractivity contribution in [1.82, 2.24) is 5.32 Å². The molecular formula is C80H163N2O6P. The van der Waals surface area contributed by atoms with E-state index in [2.05, 4.69) is 19.2 Å². The van der Waals surface area contributed by atoms with Crippen molar-refractivity contribution in [3.8, 4) is 0 Å². The minimum atomic E-state index is -4.58. The lowest BCUT2D eigenvalue weighted by atomic mass is 10.0. The van der Waals surface area contributed by atoms with Gasteiger partial charge in [0.2, 0.25) is 5.91 Å². The molecule has 534 valence electrons. The number of aliphatic hydroxyl groups excluding tert-OH is 1. The first-order chi connectivity index (χ1) is 43.5. The third-order valence-electron chi connectivity index (χ3n) is 19.6. The summed E-state index contributed by atoms with van der Waals surface area (Å²) in [5, 5.41) is 14.2. The second kappa shape index (κ2) is 71.8. The number of carbonyl (C=O) groups is 1. The number of phosphoric ester groups is 1. The molecule has 0 aromatic heterocycles. The molecule has 0 aromatic carbocycles. The zero-order valence-corrected chi connectivity index (χ0v) is 62.3. The van der Waals surface area contributed by atoms with Gasteiger partial charge in [-0.1, -0.05) is 438 Å². The van der Waals surface area contributed by atoms with Crippen molar-refractivity contribution < 1.29 is 32.9 Å². The fourth-order valence-electron chi connectivity index (χ4n) is 13.3. The number of rotatable bonds is 78. The highest BCUT2D eigenvalue weighted by molar-refractivity contribution is 7.45. The Bertz CT molecular complexity index is 1410. The molecule has 0 heterocycles. The van der Waals surface area contributed by atoms with Crippen LogP contribution in [0.15, 0.2) is 0 Å². The number of nitrogens with zero attached hydrogens (tertiary/aromatic N) is 1. The van der Waals surface area contributed by atoms with Crippen LogP contribution in [0.2, 0.25) is 0 Å². The van der Waals surface area contributed by atoms with E-state index in [1.165, 1.54) is 392 Å². The molecule has 1 amide bonds. The number of amides is 1. The average molecular weight is 1280 g/mol. The van der Waals surface area contributed by atoms with Gasteiger partial charge in [-0.25, -0.2) is 0 Å². The molecule has 0 saturated carbocycles. The smallest absolute Gasteiger partial charge is 0.268 e. The maximum absolute atomic E-state index is 13.1. The predicted molar refractivity (Wildman–Crippen MR) is 390 cm³/mol. The van der Waals surface area contributed by atoms with Gasteiger partial charge >= 0.3 is 0 Å². The van der Waals surface area contributed by atoms with E-state index in [0.717, 1.165) is 38.5 Å². The van der Waals surface area contributed by atoms with Crippen LogP contribution in [0.5, 0.6) is 0 Å². The lowest BCUT2D eigenvalue weighted by Gasteiger charge is -2.30. The number of hydrogen-bond donors (Lipinski definition) is 2. The molecule has 3 atom stereocenters. The van der Waals surface area contributed by atoms with Crippen LogP contribution >= 0.6 is 7.82 Å². The molecule has 3 unspecified atom stereocenters. The van der Waals surface area contributed by atoms with Gasteiger partial charge in [-0.3, -0.25) is 9.36 Å². The average Bonchev–Trinajstić information content (AvgIpc) is 3.57. The second-order valence-electron chi connectivity index (χ2n) is 29.9. The highest BCUT2D eigenvalue weighted by atomic mass is 31.2. The van der Waals surface area contributed by atoms with Gasteiger partial charge in [-0.05, 0) is 12.8 Å². The number of unbranched alkanes of at least 4 members (excludes halogenated alkanes) is 65. The van der Waals surface area contributed by atoms with Crippen molar-refractivity contribution in [1.29, 1.82) is 0 Å². The number of quaternary nitrogens is 1. The van der Waals surface area contributed by atoms with Crippen molar-refractivity contribution in [2.75, 3.05) is 40.9 Å². The van der Waals surface area contributed by atoms with Crippen LogP contribution in [0.3, 0.4) is 0 Å². The molecule has 0 aromatic rings. The van der Waals surface area contributed by atoms with E-state index in [1.54, 1.807) is 0 Å². The van der Waals surface area contributed by atoms with E-state index in [0.29, 0.717) is 23.9 Å². The zero-order valence-electron chi connectivity index (χ0n) is 61.4. The fourth-order valence-corrected chi connectivity index (χ4v) is 14.0. The standard InChI is InChI=1S/C80H163N2O6P/c1-6-8-10-12-14-16-18-20-22-24-26-28-30-32-34-36-38-39-40-41-42-43-44-46-48-50-52-54-56-58-60-62-64-66-68-70-72-74-80(84)81-78(77-88-89(85,86)87-76-75-82(3,4)5)79(83)73-71-69-67-65-63-61-59-57-55-53-51-49-47-45-37-35-33-31-29-27-25-23-21-19-17-15-13-11-9-7-2/h78-79,83H,6-77H2,1-5H3,(H-,81,84,85,86). The lowest BCUT2D eigenvalue weighted by molar-refractivity contribution is -0.870. The van der Waals surface area contributed by atoms with Gasteiger partial charge in [-0.2, -0.15) is 0 Å². The molecule has 2 N–H and O–H groups in total. The van der Waals surface area contributed by atoms with Crippen molar-refractivity contribution in [2.24, 2.45) is 0 Å². The number of nitrogens with one attached hydrogen (secondary N) is 1. The Labute approximate surface area is 559 Å². The van der Waals surface area contributed by atoms with Crippen LogP contribution in [0.4, 0.5) is 0 Å². The summed E-state index contributed by atoms with van der Waals surface area (Å²) in [4.78, 5) is 25.7. The quantitative estimate of drug-likeness (QED) is 0.0357. The Kier molecular flexibility index (Phi) is 71.4. The van der Waals surface area contributed by atoms with Crippen LogP contribution in [0, 0.1) is 0 Å². The second-order valence-corrected chi connectivity index (χ2v) is 31.3. The Balaban J connectivity index is 3.87. The normalized spacial score (nSPS) is 13.4. The molecule has 0 saturated heterocycles. The first-order valence-corrected chi connectivity index (χ1v) is 42.3. The van der Waals surface area contributed by atoms with Gasteiger partial charge in [0.25, 0.3) is 7.82 Å². The summed E-state index contributed by atoms with van der Waals surface area (Å²) in [5.41, 5.74) is 0. The molecule has 0 rings (SSSR count). The SMILES string of the molecule is CCCCCCCCCCCCCCCCCCCCCCCCCCCCCCCCCCCCCCCC(=O)NC(COP(=O)([O-])OCC[N+](C)(C)C)C(O)CCCCCCCCCCCCCCCCCCCCCCCCCCCCCCCC. The number of carbonyl (C=O) groups excluding carboxylic acids is 1. The summed E-state index contributed by atoms with van der Waals surface area (Å²) >= 11 is 0. The van der Waals surface area contributed by atoms with E-state index in [9.17, 15) is 19.4 Å². The molecule has 8 nitrogen and oxygen atoms in total. The van der Waals surface area contributed by atoms with Gasteiger partial charge in [-0.15, -0.1) is 0 Å². The van der Waals surface area contributed by atoms with Gasteiger partial charge < -0.3 is 28.8 Å². The van der Waals surface area contributed by atoms with Gasteiger partial charge in [0.1, 0.15) is 13.2 Å². The third-order valence-corrected chi connectivity index (χ3v) is 20.6. The van der Waals surface area contributed by atoms with E-state index >= 15 is 0 Å². The Morgan fingerprint density at radius 1 is 0.348 bits per heavy atom. The summed E-state index contributed by atoms with van der Waals surface area (Å²) < 4.78 is 23.6. The van der Waals surface area contributed by atoms with E-state index in [-0.39, 0.29) is 19.1 Å². The van der Waals surface area contributed by atoms with Gasteiger partial charge in [0, 0.05) is 6.42 Å². The molecular weight excluding hydrogens is 1120 g/mol. The van der Waals surface area contributed by atoms with Crippen LogP contribution in [0.1, 0.15) is 457 Å². The third kappa shape index (κ3) is 74.8. The van der Waals surface area contributed by atoms with Gasteiger partial charge in [0.05, 0.1) is 39.9 Å². The summed E-state index contributed by atoms with van der Waals surface area (Å²) in [6.07, 6.45) is 92.4. The van der Waals surface area contributed by atoms with Crippen molar-refractivity contribution in [3.05, 3.63) is 0 Å². The molecule has 0 radical (unpaired) electrons. The van der Waals surface area contributed by atoms with Crippen LogP contribution in [0.25, 0.3) is 0 Å². The molecule has 0 spiro atoms. The fraction of sp³-hybridized carbons (Fsp3) is 0.988. The lowest BCUT2D eigenvalue weighted by Crippen LogP contribution is -2.46. The van der Waals surface area contributed by atoms with Crippen molar-refractivity contribution >= 4 is 13.7 Å². The maximum atomic E-state index is 13.1. The topological polar surface area (TPSA) is 108 Å². The molecule has 0 aliphatic rings. The largest absolute Gasteiger partial charge is 0.756 e. The molecule has 9 heteroatoms. The summed E-state index contributed by atoms with van der Waals surface area (Å²) in [6.45, 7) is 4.81. The number of phosphoric acid groups is 1. The molecule has 0 aliphatic heterocycles. The number of likely N-dealkylation sites (N-methyl/N-ethyl adjacent to an activating group) is 1. The number of aliphatic hydroxyl groups is 1. The van der Waals surface area contributed by atoms with Crippen LogP contribution in [-0.4, -0.2) is 68.5 Å². The highest BCUT2D eigenvalue weighted by Gasteiger charge is 2.24. The van der Waals surface area contributed by atoms with Crippen molar-refractivity contribution in [3.63, 3.8) is 0 Å². The van der Waals surface area contributed by atoms with Crippen LogP contribution < -0.4 is 10.2 Å². The molecule has 0 bridgehead atoms. The Hall–Kier alpha value is -0.500. The van der Waals surface area contributed by atoms with Gasteiger partial charge in [0.15, 0.2) is 0 Å². The predicted octanol–water partition coefficient (Wildman–Crippen LogP) is 26.0. The zero-order chi connectivity index (χ0) is 64.8. The summed E-state index contributed by atoms with van der Waals surface area (Å²) in [7, 11) is 1.34. The first kappa shape index (κ1) is 88.5. The van der Waals surface area contributed by atoms with E-state index < -0.39 is 20.0 Å². The molecule has 89 heavy (non-hydrogen) atoms. The minimum absolute atomic E-state index is 0.0172. The monoisotopic (exact) mass is 1280 g/mol. The highest BCUT2D eigenvalue weighted by Crippen LogP contribution is 2.38.